The molecule has 4 N–H and O–H groups in total. The van der Waals surface area contributed by atoms with E-state index in [2.05, 4.69) is 10.6 Å². The first kappa shape index (κ1) is 24.1. The monoisotopic (exact) mass is 406 g/mol. The van der Waals surface area contributed by atoms with Crippen molar-refractivity contribution in [3.05, 3.63) is 24.3 Å². The number of rotatable bonds is 10. The highest BCUT2D eigenvalue weighted by molar-refractivity contribution is 5.94. The van der Waals surface area contributed by atoms with Crippen molar-refractivity contribution in [2.24, 2.45) is 11.8 Å². The fourth-order valence-corrected chi connectivity index (χ4v) is 2.84. The summed E-state index contributed by atoms with van der Waals surface area (Å²) in [4.78, 5) is 48.6. The molecule has 1 rings (SSSR count). The predicted molar refractivity (Wildman–Crippen MR) is 109 cm³/mol. The van der Waals surface area contributed by atoms with Crippen LogP contribution in [-0.2, 0) is 19.2 Å². The number of hydroxylamine groups is 1. The van der Waals surface area contributed by atoms with Crippen LogP contribution in [0.3, 0.4) is 0 Å². The molecule has 0 unspecified atom stereocenters. The predicted octanol–water partition coefficient (Wildman–Crippen LogP) is 1.67. The molecular formula is C20H30N4O5. The molecule has 1 atom stereocenters. The van der Waals surface area contributed by atoms with Crippen LogP contribution in [0.2, 0.25) is 0 Å². The van der Waals surface area contributed by atoms with Crippen LogP contribution in [0.4, 0.5) is 11.4 Å². The van der Waals surface area contributed by atoms with Gasteiger partial charge < -0.3 is 15.5 Å². The molecule has 0 aliphatic rings. The lowest BCUT2D eigenvalue weighted by molar-refractivity contribution is -0.135. The van der Waals surface area contributed by atoms with Gasteiger partial charge in [0.15, 0.2) is 0 Å². The maximum atomic E-state index is 12.4. The Hall–Kier alpha value is -2.94. The van der Waals surface area contributed by atoms with Crippen LogP contribution < -0.4 is 21.0 Å². The van der Waals surface area contributed by atoms with Crippen molar-refractivity contribution in [3.8, 4) is 0 Å². The second-order valence-corrected chi connectivity index (χ2v) is 7.29. The van der Waals surface area contributed by atoms with Crippen LogP contribution in [-0.4, -0.2) is 42.4 Å². The molecular weight excluding hydrogens is 376 g/mol. The lowest BCUT2D eigenvalue weighted by Crippen LogP contribution is -2.37. The molecule has 0 aliphatic heterocycles. The van der Waals surface area contributed by atoms with E-state index in [1.54, 1.807) is 36.8 Å². The standard InChI is InChI=1S/C20H30N4O5/c1-13(2)11-15(12-18(26)23-29)20(28)21-10-9-19(27)24(4)17-7-5-16(6-8-17)22-14(3)25/h5-8,13,15,29H,9-12H2,1-4H3,(H,21,28)(H,22,25)(H,23,26)/t15-/m1/s1. The summed E-state index contributed by atoms with van der Waals surface area (Å²) >= 11 is 0. The molecule has 9 nitrogen and oxygen atoms in total. The zero-order chi connectivity index (χ0) is 22.0. The Labute approximate surface area is 170 Å². The molecule has 0 bridgehead atoms. The highest BCUT2D eigenvalue weighted by atomic mass is 16.5. The van der Waals surface area contributed by atoms with E-state index in [1.165, 1.54) is 11.8 Å². The molecule has 0 aromatic heterocycles. The zero-order valence-corrected chi connectivity index (χ0v) is 17.3. The van der Waals surface area contributed by atoms with Gasteiger partial charge in [0.2, 0.25) is 23.6 Å². The molecule has 0 aliphatic carbocycles. The van der Waals surface area contributed by atoms with Crippen LogP contribution >= 0.6 is 0 Å². The molecule has 4 amide bonds. The highest BCUT2D eigenvalue weighted by Gasteiger charge is 2.23. The minimum atomic E-state index is -0.621. The minimum absolute atomic E-state index is 0.0935. The number of carbonyl (C=O) groups excluding carboxylic acids is 4. The second-order valence-electron chi connectivity index (χ2n) is 7.29. The number of nitrogens with one attached hydrogen (secondary N) is 3. The van der Waals surface area contributed by atoms with Crippen molar-refractivity contribution in [1.29, 1.82) is 0 Å². The Morgan fingerprint density at radius 3 is 2.24 bits per heavy atom. The van der Waals surface area contributed by atoms with Crippen molar-refractivity contribution in [1.82, 2.24) is 10.8 Å². The summed E-state index contributed by atoms with van der Waals surface area (Å²) in [6.45, 7) is 5.43. The van der Waals surface area contributed by atoms with Gasteiger partial charge >= 0.3 is 0 Å². The lowest BCUT2D eigenvalue weighted by Gasteiger charge is -2.20. The molecule has 1 aromatic carbocycles. The average molecular weight is 406 g/mol. The van der Waals surface area contributed by atoms with Crippen LogP contribution in [0.5, 0.6) is 0 Å². The normalized spacial score (nSPS) is 11.5. The maximum absolute atomic E-state index is 12.4. The molecule has 160 valence electrons. The van der Waals surface area contributed by atoms with Gasteiger partial charge in [-0.25, -0.2) is 5.48 Å². The average Bonchev–Trinajstić information content (AvgIpc) is 2.66. The van der Waals surface area contributed by atoms with E-state index in [4.69, 9.17) is 5.21 Å². The van der Waals surface area contributed by atoms with Crippen LogP contribution in [0.1, 0.15) is 40.0 Å². The van der Waals surface area contributed by atoms with Gasteiger partial charge in [0, 0.05) is 50.7 Å². The van der Waals surface area contributed by atoms with Gasteiger partial charge in [-0.1, -0.05) is 13.8 Å². The highest BCUT2D eigenvalue weighted by Crippen LogP contribution is 2.18. The van der Waals surface area contributed by atoms with Gasteiger partial charge in [0.25, 0.3) is 0 Å². The van der Waals surface area contributed by atoms with E-state index in [0.29, 0.717) is 17.8 Å². The number of anilines is 2. The van der Waals surface area contributed by atoms with Gasteiger partial charge in [-0.3, -0.25) is 24.4 Å². The first-order valence-corrected chi connectivity index (χ1v) is 9.48. The topological polar surface area (TPSA) is 128 Å². The van der Waals surface area contributed by atoms with Crippen molar-refractivity contribution in [3.63, 3.8) is 0 Å². The molecule has 0 saturated heterocycles. The van der Waals surface area contributed by atoms with Gasteiger partial charge in [-0.2, -0.15) is 0 Å². The Morgan fingerprint density at radius 2 is 1.72 bits per heavy atom. The largest absolute Gasteiger partial charge is 0.355 e. The SMILES string of the molecule is CC(=O)Nc1ccc(N(C)C(=O)CCNC(=O)[C@@H](CC(=O)NO)CC(C)C)cc1. The Bertz CT molecular complexity index is 718. The molecule has 9 heteroatoms. The molecule has 0 spiro atoms. The molecule has 0 fully saturated rings. The van der Waals surface area contributed by atoms with Crippen molar-refractivity contribution in [2.75, 3.05) is 23.8 Å². The van der Waals surface area contributed by atoms with E-state index in [0.717, 1.165) is 0 Å². The fraction of sp³-hybridized carbons (Fsp3) is 0.500. The summed E-state index contributed by atoms with van der Waals surface area (Å²) in [5.41, 5.74) is 2.84. The van der Waals surface area contributed by atoms with Gasteiger partial charge in [0.05, 0.1) is 0 Å². The summed E-state index contributed by atoms with van der Waals surface area (Å²) in [7, 11) is 1.63. The third-order valence-corrected chi connectivity index (χ3v) is 4.27. The number of hydrogen-bond donors (Lipinski definition) is 4. The van der Waals surface area contributed by atoms with E-state index >= 15 is 0 Å². The minimum Gasteiger partial charge on any atom is -0.355 e. The Balaban J connectivity index is 2.56. The molecule has 0 heterocycles. The number of nitrogens with zero attached hydrogens (tertiary/aromatic N) is 1. The first-order chi connectivity index (χ1) is 13.6. The third kappa shape index (κ3) is 8.73. The van der Waals surface area contributed by atoms with Crippen molar-refractivity contribution < 1.29 is 24.4 Å². The van der Waals surface area contributed by atoms with E-state index in [-0.39, 0.29) is 43.0 Å². The number of hydrogen-bond acceptors (Lipinski definition) is 5. The Kier molecular flexibility index (Phi) is 9.81. The zero-order valence-electron chi connectivity index (χ0n) is 17.3. The van der Waals surface area contributed by atoms with Crippen LogP contribution in [0, 0.1) is 11.8 Å². The number of benzene rings is 1. The Morgan fingerprint density at radius 1 is 1.10 bits per heavy atom. The fourth-order valence-electron chi connectivity index (χ4n) is 2.84. The quantitative estimate of drug-likeness (QED) is 0.347. The second kappa shape index (κ2) is 11.8. The number of amides is 4. The lowest BCUT2D eigenvalue weighted by atomic mass is 9.93. The summed E-state index contributed by atoms with van der Waals surface area (Å²) in [5, 5.41) is 14.0. The molecule has 1 aromatic rings. The summed E-state index contributed by atoms with van der Waals surface area (Å²) in [6, 6.07) is 6.83. The van der Waals surface area contributed by atoms with E-state index < -0.39 is 11.8 Å². The van der Waals surface area contributed by atoms with Crippen LogP contribution in [0.25, 0.3) is 0 Å². The van der Waals surface area contributed by atoms with Crippen LogP contribution in [0.15, 0.2) is 24.3 Å². The maximum Gasteiger partial charge on any atom is 0.244 e. The number of carbonyl (C=O) groups is 4. The first-order valence-electron chi connectivity index (χ1n) is 9.48. The molecule has 0 radical (unpaired) electrons. The smallest absolute Gasteiger partial charge is 0.244 e. The van der Waals surface area contributed by atoms with E-state index in [9.17, 15) is 19.2 Å². The summed E-state index contributed by atoms with van der Waals surface area (Å²) in [5.74, 6) is -1.68. The third-order valence-electron chi connectivity index (χ3n) is 4.27. The van der Waals surface area contributed by atoms with Gasteiger partial charge in [-0.05, 0) is 36.6 Å². The van der Waals surface area contributed by atoms with Crippen molar-refractivity contribution >= 4 is 35.0 Å². The van der Waals surface area contributed by atoms with Crippen molar-refractivity contribution in [2.45, 2.75) is 40.0 Å². The van der Waals surface area contributed by atoms with E-state index in [1.807, 2.05) is 13.8 Å². The summed E-state index contributed by atoms with van der Waals surface area (Å²) in [6.07, 6.45) is 0.471. The van der Waals surface area contributed by atoms with Gasteiger partial charge in [-0.15, -0.1) is 0 Å². The molecule has 0 saturated carbocycles. The summed E-state index contributed by atoms with van der Waals surface area (Å²) < 4.78 is 0. The molecule has 29 heavy (non-hydrogen) atoms. The van der Waals surface area contributed by atoms with Gasteiger partial charge in [0.1, 0.15) is 0 Å².